The summed E-state index contributed by atoms with van der Waals surface area (Å²) in [5.74, 6) is -0.826. The quantitative estimate of drug-likeness (QED) is 0.433. The molecule has 1 heterocycles. The van der Waals surface area contributed by atoms with Crippen LogP contribution in [0.4, 0.5) is 0 Å². The zero-order chi connectivity index (χ0) is 21.6. The van der Waals surface area contributed by atoms with E-state index in [1.54, 1.807) is 24.3 Å². The molecule has 0 bridgehead atoms. The molecule has 3 rings (SSSR count). The van der Waals surface area contributed by atoms with Crippen LogP contribution in [0.15, 0.2) is 74.6 Å². The molecule has 0 saturated heterocycles. The predicted molar refractivity (Wildman–Crippen MR) is 111 cm³/mol. The van der Waals surface area contributed by atoms with Crippen LogP contribution in [0.2, 0.25) is 0 Å². The fourth-order valence-electron chi connectivity index (χ4n) is 2.37. The second kappa shape index (κ2) is 9.65. The van der Waals surface area contributed by atoms with Crippen LogP contribution in [-0.4, -0.2) is 31.9 Å². The van der Waals surface area contributed by atoms with Gasteiger partial charge >= 0.3 is 0 Å². The van der Waals surface area contributed by atoms with E-state index in [-0.39, 0.29) is 23.6 Å². The molecule has 0 aliphatic carbocycles. The lowest BCUT2D eigenvalue weighted by atomic mass is 10.1. The summed E-state index contributed by atoms with van der Waals surface area (Å²) in [4.78, 5) is 24.0. The van der Waals surface area contributed by atoms with Gasteiger partial charge < -0.3 is 4.52 Å². The monoisotopic (exact) mass is 492 g/mol. The van der Waals surface area contributed by atoms with Gasteiger partial charge in [0.25, 0.3) is 5.91 Å². The minimum absolute atomic E-state index is 0.00917. The van der Waals surface area contributed by atoms with Crippen LogP contribution in [-0.2, 0) is 14.8 Å². The summed E-state index contributed by atoms with van der Waals surface area (Å²) in [5, 5.41) is 3.67. The number of hydrogen-bond donors (Lipinski definition) is 3. The number of nitrogens with zero attached hydrogens (tertiary/aromatic N) is 1. The Balaban J connectivity index is 1.45. The third kappa shape index (κ3) is 5.75. The number of carbonyl (C=O) groups is 2. The second-order valence-electron chi connectivity index (χ2n) is 6.05. The van der Waals surface area contributed by atoms with Crippen molar-refractivity contribution in [3.05, 3.63) is 70.8 Å². The summed E-state index contributed by atoms with van der Waals surface area (Å²) in [6.45, 7) is -0.137. The topological polar surface area (TPSA) is 130 Å². The molecule has 0 fully saturated rings. The number of carbonyl (C=O) groups excluding carboxylic acids is 2. The lowest BCUT2D eigenvalue weighted by Gasteiger charge is -2.08. The summed E-state index contributed by atoms with van der Waals surface area (Å²) < 4.78 is 32.5. The molecule has 1 aromatic heterocycles. The highest BCUT2D eigenvalue weighted by molar-refractivity contribution is 9.10. The number of benzene rings is 2. The van der Waals surface area contributed by atoms with E-state index in [0.29, 0.717) is 5.76 Å². The van der Waals surface area contributed by atoms with E-state index in [2.05, 4.69) is 36.7 Å². The fourth-order valence-corrected chi connectivity index (χ4v) is 3.67. The van der Waals surface area contributed by atoms with Gasteiger partial charge in [-0.25, -0.2) is 13.1 Å². The highest BCUT2D eigenvalue weighted by atomic mass is 79.9. The summed E-state index contributed by atoms with van der Waals surface area (Å²) in [5.41, 5.74) is 5.15. The summed E-state index contributed by atoms with van der Waals surface area (Å²) in [7, 11) is -3.73. The van der Waals surface area contributed by atoms with Gasteiger partial charge in [-0.15, -0.1) is 0 Å². The first kappa shape index (κ1) is 21.7. The zero-order valence-electron chi connectivity index (χ0n) is 15.5. The molecule has 11 heteroatoms. The van der Waals surface area contributed by atoms with Crippen LogP contribution in [0.1, 0.15) is 16.9 Å². The summed E-state index contributed by atoms with van der Waals surface area (Å²) >= 11 is 3.23. The first-order chi connectivity index (χ1) is 14.3. The van der Waals surface area contributed by atoms with Gasteiger partial charge in [-0.2, -0.15) is 0 Å². The highest BCUT2D eigenvalue weighted by Gasteiger charge is 2.16. The maximum absolute atomic E-state index is 12.1. The average Bonchev–Trinajstić information content (AvgIpc) is 3.23. The van der Waals surface area contributed by atoms with E-state index in [1.807, 2.05) is 18.2 Å². The molecule has 0 saturated carbocycles. The molecule has 156 valence electrons. The number of hydrazine groups is 1. The van der Waals surface area contributed by atoms with Crippen molar-refractivity contribution < 1.29 is 22.5 Å². The van der Waals surface area contributed by atoms with E-state index >= 15 is 0 Å². The lowest BCUT2D eigenvalue weighted by molar-refractivity contribution is -0.121. The van der Waals surface area contributed by atoms with Gasteiger partial charge in [0.15, 0.2) is 11.5 Å². The smallest absolute Gasteiger partial charge is 0.291 e. The minimum Gasteiger partial charge on any atom is -0.355 e. The minimum atomic E-state index is -3.73. The number of rotatable bonds is 7. The Kier molecular flexibility index (Phi) is 6.98. The number of sulfonamides is 1. The van der Waals surface area contributed by atoms with Crippen LogP contribution in [0.5, 0.6) is 0 Å². The molecule has 3 N–H and O–H groups in total. The van der Waals surface area contributed by atoms with E-state index in [0.717, 1.165) is 10.0 Å². The lowest BCUT2D eigenvalue weighted by Crippen LogP contribution is -2.42. The maximum Gasteiger partial charge on any atom is 0.291 e. The number of hydrogen-bond acceptors (Lipinski definition) is 6. The summed E-state index contributed by atoms with van der Waals surface area (Å²) in [6.07, 6.45) is -0.176. The number of nitrogens with one attached hydrogen (secondary N) is 3. The van der Waals surface area contributed by atoms with Crippen molar-refractivity contribution in [3.63, 3.8) is 0 Å². The first-order valence-electron chi connectivity index (χ1n) is 8.72. The molecule has 0 unspecified atom stereocenters. The van der Waals surface area contributed by atoms with Crippen molar-refractivity contribution >= 4 is 37.8 Å². The Morgan fingerprint density at radius 3 is 2.40 bits per heavy atom. The SMILES string of the molecule is O=C(CCNS(=O)(=O)c1ccc(Br)cc1)NNC(=O)c1cc(-c2ccccc2)on1. The standard InChI is InChI=1S/C19H17BrN4O5S/c20-14-6-8-15(9-7-14)30(27,28)21-11-10-18(25)22-23-19(26)16-12-17(29-24-16)13-4-2-1-3-5-13/h1-9,12,21H,10-11H2,(H,22,25)(H,23,26). The van der Waals surface area contributed by atoms with Gasteiger partial charge in [0.2, 0.25) is 15.9 Å². The molecule has 0 radical (unpaired) electrons. The van der Waals surface area contributed by atoms with Gasteiger partial charge in [0.1, 0.15) is 0 Å². The van der Waals surface area contributed by atoms with Gasteiger partial charge in [-0.1, -0.05) is 51.4 Å². The predicted octanol–water partition coefficient (Wildman–Crippen LogP) is 2.23. The van der Waals surface area contributed by atoms with E-state index in [4.69, 9.17) is 4.52 Å². The molecular formula is C19H17BrN4O5S. The normalized spacial score (nSPS) is 11.1. The van der Waals surface area contributed by atoms with Gasteiger partial charge in [-0.3, -0.25) is 20.4 Å². The van der Waals surface area contributed by atoms with Crippen LogP contribution in [0.3, 0.4) is 0 Å². The van der Waals surface area contributed by atoms with Gasteiger partial charge in [-0.05, 0) is 24.3 Å². The zero-order valence-corrected chi connectivity index (χ0v) is 17.9. The Morgan fingerprint density at radius 1 is 1.00 bits per heavy atom. The number of amides is 2. The van der Waals surface area contributed by atoms with Crippen molar-refractivity contribution in [2.24, 2.45) is 0 Å². The van der Waals surface area contributed by atoms with E-state index in [9.17, 15) is 18.0 Å². The van der Waals surface area contributed by atoms with Gasteiger partial charge in [0, 0.05) is 29.1 Å². The van der Waals surface area contributed by atoms with Crippen molar-refractivity contribution in [1.82, 2.24) is 20.7 Å². The fraction of sp³-hybridized carbons (Fsp3) is 0.105. The summed E-state index contributed by atoms with van der Waals surface area (Å²) in [6, 6.07) is 16.6. The molecule has 0 spiro atoms. The van der Waals surface area contributed by atoms with Crippen molar-refractivity contribution in [2.45, 2.75) is 11.3 Å². The second-order valence-corrected chi connectivity index (χ2v) is 8.73. The Labute approximate surface area is 181 Å². The van der Waals surface area contributed by atoms with Crippen LogP contribution >= 0.6 is 15.9 Å². The molecule has 0 atom stereocenters. The number of aromatic nitrogens is 1. The average molecular weight is 493 g/mol. The largest absolute Gasteiger partial charge is 0.355 e. The first-order valence-corrected chi connectivity index (χ1v) is 11.0. The van der Waals surface area contributed by atoms with Crippen molar-refractivity contribution in [1.29, 1.82) is 0 Å². The van der Waals surface area contributed by atoms with Crippen molar-refractivity contribution in [2.75, 3.05) is 6.54 Å². The Bertz CT molecular complexity index is 1130. The van der Waals surface area contributed by atoms with E-state index in [1.165, 1.54) is 18.2 Å². The van der Waals surface area contributed by atoms with Crippen molar-refractivity contribution in [3.8, 4) is 11.3 Å². The Morgan fingerprint density at radius 2 is 1.70 bits per heavy atom. The Hall–Kier alpha value is -3.02. The molecule has 2 amide bonds. The molecular weight excluding hydrogens is 476 g/mol. The molecule has 2 aromatic carbocycles. The highest BCUT2D eigenvalue weighted by Crippen LogP contribution is 2.19. The van der Waals surface area contributed by atoms with Gasteiger partial charge in [0.05, 0.1) is 4.90 Å². The van der Waals surface area contributed by atoms with E-state index < -0.39 is 21.8 Å². The number of halogens is 1. The third-order valence-corrected chi connectivity index (χ3v) is 5.89. The molecule has 3 aromatic rings. The molecule has 0 aliphatic rings. The van der Waals surface area contributed by atoms with Crippen LogP contribution in [0, 0.1) is 0 Å². The molecule has 30 heavy (non-hydrogen) atoms. The third-order valence-electron chi connectivity index (χ3n) is 3.88. The van der Waals surface area contributed by atoms with Crippen LogP contribution in [0.25, 0.3) is 11.3 Å². The molecule has 9 nitrogen and oxygen atoms in total. The van der Waals surface area contributed by atoms with Crippen LogP contribution < -0.4 is 15.6 Å². The maximum atomic E-state index is 12.1. The molecule has 0 aliphatic heterocycles.